The Kier molecular flexibility index (Phi) is 4.99. The number of nitrogens with one attached hydrogen (secondary N) is 2. The molecule has 5 nitrogen and oxygen atoms in total. The Morgan fingerprint density at radius 3 is 2.55 bits per heavy atom. The zero-order chi connectivity index (χ0) is 20.4. The summed E-state index contributed by atoms with van der Waals surface area (Å²) in [6, 6.07) is 18.7. The van der Waals surface area contributed by atoms with Gasteiger partial charge in [-0.05, 0) is 55.0 Å². The molecule has 0 unspecified atom stereocenters. The minimum absolute atomic E-state index is 0.0934. The normalized spacial score (nSPS) is 12.5. The van der Waals surface area contributed by atoms with Gasteiger partial charge < -0.3 is 15.5 Å². The second-order valence-electron chi connectivity index (χ2n) is 6.80. The van der Waals surface area contributed by atoms with Crippen molar-refractivity contribution in [2.45, 2.75) is 13.3 Å². The Hall–Kier alpha value is -3.67. The summed E-state index contributed by atoms with van der Waals surface area (Å²) >= 11 is 0. The Labute approximate surface area is 168 Å². The molecule has 0 bridgehead atoms. The number of nitrogens with zero attached hydrogens (tertiary/aromatic N) is 1. The summed E-state index contributed by atoms with van der Waals surface area (Å²) in [5.74, 6) is -0.641. The van der Waals surface area contributed by atoms with Crippen LogP contribution in [-0.4, -0.2) is 18.4 Å². The standard InChI is InChI=1S/C23H20FN3O2/c1-2-27-21-14-17(25-22(28)13-15-7-9-16(24)10-8-15)11-12-20(21)26-19-6-4-3-5-18(19)23(27)29/h3-12,14,26H,2,13H2,1H3,(H,25,28). The van der Waals surface area contributed by atoms with Crippen LogP contribution in [0.3, 0.4) is 0 Å². The molecule has 3 aromatic carbocycles. The third-order valence-corrected chi connectivity index (χ3v) is 4.84. The van der Waals surface area contributed by atoms with Crippen LogP contribution in [0.2, 0.25) is 0 Å². The number of carbonyl (C=O) groups excluding carboxylic acids is 2. The molecule has 0 fully saturated rings. The smallest absolute Gasteiger partial charge is 0.260 e. The predicted octanol–water partition coefficient (Wildman–Crippen LogP) is 4.73. The van der Waals surface area contributed by atoms with Gasteiger partial charge in [0.1, 0.15) is 5.82 Å². The molecule has 0 radical (unpaired) electrons. The summed E-state index contributed by atoms with van der Waals surface area (Å²) in [6.07, 6.45) is 0.136. The largest absolute Gasteiger partial charge is 0.353 e. The number of fused-ring (bicyclic) bond motifs is 2. The first-order chi connectivity index (χ1) is 14.0. The van der Waals surface area contributed by atoms with Gasteiger partial charge in [0.05, 0.1) is 29.0 Å². The van der Waals surface area contributed by atoms with E-state index in [1.165, 1.54) is 12.1 Å². The number of benzene rings is 3. The van der Waals surface area contributed by atoms with Gasteiger partial charge in [0.25, 0.3) is 5.91 Å². The van der Waals surface area contributed by atoms with Gasteiger partial charge in [-0.1, -0.05) is 24.3 Å². The van der Waals surface area contributed by atoms with E-state index in [0.29, 0.717) is 23.5 Å². The maximum atomic E-state index is 13.0. The highest BCUT2D eigenvalue weighted by atomic mass is 19.1. The topological polar surface area (TPSA) is 61.4 Å². The highest BCUT2D eigenvalue weighted by Gasteiger charge is 2.25. The van der Waals surface area contributed by atoms with Crippen LogP contribution in [0, 0.1) is 5.82 Å². The number of halogens is 1. The van der Waals surface area contributed by atoms with E-state index in [2.05, 4.69) is 10.6 Å². The van der Waals surface area contributed by atoms with Crippen molar-refractivity contribution < 1.29 is 14.0 Å². The SMILES string of the molecule is CCN1C(=O)c2ccccc2Nc2ccc(NC(=O)Cc3ccc(F)cc3)cc21. The van der Waals surface area contributed by atoms with Crippen molar-refractivity contribution in [1.82, 2.24) is 0 Å². The molecular weight excluding hydrogens is 369 g/mol. The Morgan fingerprint density at radius 2 is 1.79 bits per heavy atom. The van der Waals surface area contributed by atoms with Crippen LogP contribution in [0.15, 0.2) is 66.7 Å². The summed E-state index contributed by atoms with van der Waals surface area (Å²) in [5.41, 5.74) is 4.17. The fraction of sp³-hybridized carbons (Fsp3) is 0.130. The maximum Gasteiger partial charge on any atom is 0.260 e. The lowest BCUT2D eigenvalue weighted by molar-refractivity contribution is -0.115. The summed E-state index contributed by atoms with van der Waals surface area (Å²) in [6.45, 7) is 2.41. The minimum atomic E-state index is -0.335. The zero-order valence-electron chi connectivity index (χ0n) is 15.9. The molecule has 1 aliphatic rings. The lowest BCUT2D eigenvalue weighted by Crippen LogP contribution is -2.30. The molecule has 1 aliphatic heterocycles. The molecule has 0 saturated carbocycles. The van der Waals surface area contributed by atoms with E-state index >= 15 is 0 Å². The Morgan fingerprint density at radius 1 is 1.03 bits per heavy atom. The van der Waals surface area contributed by atoms with Crippen molar-refractivity contribution >= 4 is 34.6 Å². The summed E-state index contributed by atoms with van der Waals surface area (Å²) in [5, 5.41) is 6.17. The van der Waals surface area contributed by atoms with Crippen molar-refractivity contribution in [3.8, 4) is 0 Å². The van der Waals surface area contributed by atoms with E-state index in [1.54, 1.807) is 35.2 Å². The van der Waals surface area contributed by atoms with Crippen molar-refractivity contribution in [1.29, 1.82) is 0 Å². The molecule has 29 heavy (non-hydrogen) atoms. The van der Waals surface area contributed by atoms with Crippen molar-refractivity contribution in [3.05, 3.63) is 83.7 Å². The molecule has 0 saturated heterocycles. The van der Waals surface area contributed by atoms with Gasteiger partial charge in [0.15, 0.2) is 0 Å². The van der Waals surface area contributed by atoms with E-state index in [0.717, 1.165) is 16.9 Å². The molecule has 3 aromatic rings. The summed E-state index contributed by atoms with van der Waals surface area (Å²) in [7, 11) is 0. The molecule has 0 aromatic heterocycles. The molecule has 1 heterocycles. The molecule has 0 spiro atoms. The van der Waals surface area contributed by atoms with Crippen LogP contribution < -0.4 is 15.5 Å². The second-order valence-corrected chi connectivity index (χ2v) is 6.80. The first kappa shape index (κ1) is 18.7. The maximum absolute atomic E-state index is 13.0. The van der Waals surface area contributed by atoms with Crippen LogP contribution in [-0.2, 0) is 11.2 Å². The number of amides is 2. The van der Waals surface area contributed by atoms with Crippen LogP contribution in [0.5, 0.6) is 0 Å². The number of hydrogen-bond donors (Lipinski definition) is 2. The molecule has 4 rings (SSSR count). The van der Waals surface area contributed by atoms with E-state index in [9.17, 15) is 14.0 Å². The highest BCUT2D eigenvalue weighted by molar-refractivity contribution is 6.14. The molecule has 2 amide bonds. The van der Waals surface area contributed by atoms with E-state index in [-0.39, 0.29) is 24.1 Å². The predicted molar refractivity (Wildman–Crippen MR) is 112 cm³/mol. The van der Waals surface area contributed by atoms with Crippen molar-refractivity contribution in [2.75, 3.05) is 22.1 Å². The Bertz CT molecular complexity index is 1080. The third-order valence-electron chi connectivity index (χ3n) is 4.84. The Balaban J connectivity index is 1.59. The fourth-order valence-electron chi connectivity index (χ4n) is 3.42. The van der Waals surface area contributed by atoms with Gasteiger partial charge in [-0.25, -0.2) is 4.39 Å². The van der Waals surface area contributed by atoms with Gasteiger partial charge in [-0.15, -0.1) is 0 Å². The van der Waals surface area contributed by atoms with Gasteiger partial charge in [-0.3, -0.25) is 9.59 Å². The van der Waals surface area contributed by atoms with E-state index < -0.39 is 0 Å². The van der Waals surface area contributed by atoms with Gasteiger partial charge in [0, 0.05) is 12.2 Å². The zero-order valence-corrected chi connectivity index (χ0v) is 15.9. The number of para-hydroxylation sites is 1. The quantitative estimate of drug-likeness (QED) is 0.678. The van der Waals surface area contributed by atoms with Crippen molar-refractivity contribution in [2.24, 2.45) is 0 Å². The number of carbonyl (C=O) groups is 2. The van der Waals surface area contributed by atoms with E-state index in [1.807, 2.05) is 31.2 Å². The monoisotopic (exact) mass is 389 g/mol. The summed E-state index contributed by atoms with van der Waals surface area (Å²) < 4.78 is 13.0. The first-order valence-corrected chi connectivity index (χ1v) is 9.41. The van der Waals surface area contributed by atoms with Crippen LogP contribution >= 0.6 is 0 Å². The highest BCUT2D eigenvalue weighted by Crippen LogP contribution is 2.37. The number of rotatable bonds is 4. The van der Waals surface area contributed by atoms with Crippen LogP contribution in [0.4, 0.5) is 27.1 Å². The second kappa shape index (κ2) is 7.75. The number of hydrogen-bond acceptors (Lipinski definition) is 3. The van der Waals surface area contributed by atoms with Crippen LogP contribution in [0.1, 0.15) is 22.8 Å². The summed E-state index contributed by atoms with van der Waals surface area (Å²) in [4.78, 5) is 27.1. The van der Waals surface area contributed by atoms with Gasteiger partial charge in [-0.2, -0.15) is 0 Å². The third kappa shape index (κ3) is 3.82. The van der Waals surface area contributed by atoms with Gasteiger partial charge >= 0.3 is 0 Å². The lowest BCUT2D eigenvalue weighted by Gasteiger charge is -2.22. The number of anilines is 4. The average molecular weight is 389 g/mol. The van der Waals surface area contributed by atoms with Gasteiger partial charge in [0.2, 0.25) is 5.91 Å². The fourth-order valence-corrected chi connectivity index (χ4v) is 3.42. The van der Waals surface area contributed by atoms with E-state index in [4.69, 9.17) is 0 Å². The molecule has 2 N–H and O–H groups in total. The molecule has 146 valence electrons. The molecular formula is C23H20FN3O2. The molecule has 0 aliphatic carbocycles. The minimum Gasteiger partial charge on any atom is -0.353 e. The van der Waals surface area contributed by atoms with Crippen molar-refractivity contribution in [3.63, 3.8) is 0 Å². The molecule has 0 atom stereocenters. The molecule has 6 heteroatoms. The average Bonchev–Trinajstić information content (AvgIpc) is 2.83. The van der Waals surface area contributed by atoms with Crippen LogP contribution in [0.25, 0.3) is 0 Å². The first-order valence-electron chi connectivity index (χ1n) is 9.41. The lowest BCUT2D eigenvalue weighted by atomic mass is 10.1.